The summed E-state index contributed by atoms with van der Waals surface area (Å²) in [7, 11) is 3.02. The molecular weight excluding hydrogens is 498 g/mol. The molecular formula is C19H25F3IN5O. The molecule has 0 saturated carbocycles. The molecule has 0 amide bonds. The van der Waals surface area contributed by atoms with Crippen molar-refractivity contribution in [1.82, 2.24) is 19.8 Å². The SMILES string of the molecule is CN=C(NCCC(O)(c1nccn1C)C(F)(F)F)N1CCc2ccccc2C1.I. The Hall–Kier alpha value is -1.82. The van der Waals surface area contributed by atoms with E-state index in [9.17, 15) is 18.3 Å². The maximum atomic E-state index is 13.6. The van der Waals surface area contributed by atoms with Crippen molar-refractivity contribution in [1.29, 1.82) is 0 Å². The van der Waals surface area contributed by atoms with Gasteiger partial charge in [0, 0.05) is 52.5 Å². The van der Waals surface area contributed by atoms with Gasteiger partial charge in [0.15, 0.2) is 5.96 Å². The first kappa shape index (κ1) is 23.5. The smallest absolute Gasteiger partial charge is 0.374 e. The van der Waals surface area contributed by atoms with Crippen molar-refractivity contribution >= 4 is 29.9 Å². The maximum absolute atomic E-state index is 13.6. The third-order valence-corrected chi connectivity index (χ3v) is 5.07. The van der Waals surface area contributed by atoms with Gasteiger partial charge in [0.25, 0.3) is 0 Å². The number of aryl methyl sites for hydroxylation is 1. The topological polar surface area (TPSA) is 65.7 Å². The number of rotatable bonds is 4. The van der Waals surface area contributed by atoms with Crippen LogP contribution < -0.4 is 5.32 Å². The molecule has 1 aromatic heterocycles. The zero-order valence-corrected chi connectivity index (χ0v) is 18.6. The second-order valence-electron chi connectivity index (χ2n) is 6.88. The van der Waals surface area contributed by atoms with Gasteiger partial charge in [0.2, 0.25) is 5.60 Å². The molecule has 1 atom stereocenters. The van der Waals surface area contributed by atoms with Crippen LogP contribution >= 0.6 is 24.0 Å². The summed E-state index contributed by atoms with van der Waals surface area (Å²) in [5, 5.41) is 13.4. The predicted molar refractivity (Wildman–Crippen MR) is 115 cm³/mol. The summed E-state index contributed by atoms with van der Waals surface area (Å²) in [6.07, 6.45) is -1.96. The monoisotopic (exact) mass is 523 g/mol. The summed E-state index contributed by atoms with van der Waals surface area (Å²) < 4.78 is 42.0. The van der Waals surface area contributed by atoms with E-state index in [4.69, 9.17) is 0 Å². The molecule has 160 valence electrons. The van der Waals surface area contributed by atoms with Gasteiger partial charge in [-0.1, -0.05) is 24.3 Å². The molecule has 3 rings (SSSR count). The Morgan fingerprint density at radius 3 is 2.55 bits per heavy atom. The van der Waals surface area contributed by atoms with Crippen LogP contribution in [-0.2, 0) is 25.6 Å². The fourth-order valence-corrected chi connectivity index (χ4v) is 3.51. The molecule has 0 spiro atoms. The van der Waals surface area contributed by atoms with Crippen LogP contribution in [0.25, 0.3) is 0 Å². The number of alkyl halides is 3. The van der Waals surface area contributed by atoms with Gasteiger partial charge in [0.1, 0.15) is 5.82 Å². The van der Waals surface area contributed by atoms with E-state index in [2.05, 4.69) is 21.4 Å². The molecule has 0 saturated heterocycles. The Labute approximate surface area is 184 Å². The fraction of sp³-hybridized carbons (Fsp3) is 0.474. The lowest BCUT2D eigenvalue weighted by Gasteiger charge is -2.33. The van der Waals surface area contributed by atoms with E-state index in [1.165, 1.54) is 35.1 Å². The molecule has 0 bridgehead atoms. The van der Waals surface area contributed by atoms with Crippen molar-refractivity contribution in [3.8, 4) is 0 Å². The van der Waals surface area contributed by atoms with Crippen LogP contribution in [-0.4, -0.2) is 51.8 Å². The van der Waals surface area contributed by atoms with Crippen molar-refractivity contribution in [2.45, 2.75) is 31.2 Å². The number of benzene rings is 1. The number of aromatic nitrogens is 2. The lowest BCUT2D eigenvalue weighted by molar-refractivity contribution is -0.272. The fourth-order valence-electron chi connectivity index (χ4n) is 3.51. The summed E-state index contributed by atoms with van der Waals surface area (Å²) in [4.78, 5) is 9.90. The molecule has 29 heavy (non-hydrogen) atoms. The van der Waals surface area contributed by atoms with Crippen LogP contribution in [0.2, 0.25) is 0 Å². The average Bonchev–Trinajstić information content (AvgIpc) is 3.10. The number of hydrogen-bond acceptors (Lipinski definition) is 3. The standard InChI is InChI=1S/C19H24F3N5O.HI/c1-23-17(27-11-7-14-5-3-4-6-15(14)13-27)25-9-8-18(28,19(20,21)22)16-24-10-12-26(16)2;/h3-6,10,12,28H,7-9,11,13H2,1-2H3,(H,23,25);1H. The minimum atomic E-state index is -4.85. The Balaban J connectivity index is 0.00000300. The van der Waals surface area contributed by atoms with Crippen LogP contribution in [0.3, 0.4) is 0 Å². The highest BCUT2D eigenvalue weighted by Crippen LogP contribution is 2.40. The largest absolute Gasteiger partial charge is 0.424 e. The van der Waals surface area contributed by atoms with Gasteiger partial charge in [-0.05, 0) is 17.5 Å². The number of fused-ring (bicyclic) bond motifs is 1. The molecule has 1 aromatic carbocycles. The van der Waals surface area contributed by atoms with Crippen LogP contribution in [0.4, 0.5) is 13.2 Å². The molecule has 1 aliphatic rings. The van der Waals surface area contributed by atoms with Gasteiger partial charge in [-0.25, -0.2) is 4.98 Å². The second kappa shape index (κ2) is 9.33. The van der Waals surface area contributed by atoms with Crippen LogP contribution in [0.15, 0.2) is 41.7 Å². The molecule has 1 aliphatic heterocycles. The molecule has 0 fully saturated rings. The van der Waals surface area contributed by atoms with E-state index in [-0.39, 0.29) is 30.5 Å². The first-order valence-electron chi connectivity index (χ1n) is 9.05. The normalized spacial score (nSPS) is 16.6. The summed E-state index contributed by atoms with van der Waals surface area (Å²) in [6, 6.07) is 8.09. The molecule has 0 radical (unpaired) electrons. The highest BCUT2D eigenvalue weighted by molar-refractivity contribution is 14.0. The Kier molecular flexibility index (Phi) is 7.55. The Morgan fingerprint density at radius 2 is 1.97 bits per heavy atom. The van der Waals surface area contributed by atoms with Crippen molar-refractivity contribution in [2.24, 2.45) is 12.0 Å². The van der Waals surface area contributed by atoms with Crippen LogP contribution in [0.5, 0.6) is 0 Å². The summed E-state index contributed by atoms with van der Waals surface area (Å²) >= 11 is 0. The molecule has 2 heterocycles. The van der Waals surface area contributed by atoms with Gasteiger partial charge in [0.05, 0.1) is 0 Å². The first-order valence-corrected chi connectivity index (χ1v) is 9.05. The highest BCUT2D eigenvalue weighted by atomic mass is 127. The molecule has 1 unspecified atom stereocenters. The molecule has 10 heteroatoms. The number of imidazole rings is 1. The number of hydrogen-bond donors (Lipinski definition) is 2. The number of halogens is 4. The highest BCUT2D eigenvalue weighted by Gasteiger charge is 2.57. The quantitative estimate of drug-likeness (QED) is 0.368. The van der Waals surface area contributed by atoms with Gasteiger partial charge in [-0.2, -0.15) is 13.2 Å². The van der Waals surface area contributed by atoms with Crippen molar-refractivity contribution in [3.05, 3.63) is 53.6 Å². The van der Waals surface area contributed by atoms with Crippen LogP contribution in [0.1, 0.15) is 23.4 Å². The number of nitrogens with one attached hydrogen (secondary N) is 1. The molecule has 2 aromatic rings. The summed E-state index contributed by atoms with van der Waals surface area (Å²) in [5.41, 5.74) is -0.585. The molecule has 6 nitrogen and oxygen atoms in total. The van der Waals surface area contributed by atoms with Gasteiger partial charge < -0.3 is 19.9 Å². The van der Waals surface area contributed by atoms with Gasteiger partial charge >= 0.3 is 6.18 Å². The van der Waals surface area contributed by atoms with E-state index >= 15 is 0 Å². The minimum absolute atomic E-state index is 0. The zero-order valence-electron chi connectivity index (χ0n) is 16.3. The predicted octanol–water partition coefficient (Wildman–Crippen LogP) is 2.81. The lowest BCUT2D eigenvalue weighted by atomic mass is 9.97. The Bertz CT molecular complexity index is 854. The average molecular weight is 523 g/mol. The number of guanidine groups is 1. The first-order chi connectivity index (χ1) is 13.3. The number of aliphatic hydroxyl groups is 1. The molecule has 2 N–H and O–H groups in total. The second-order valence-corrected chi connectivity index (χ2v) is 6.88. The molecule has 0 aliphatic carbocycles. The Morgan fingerprint density at radius 1 is 1.28 bits per heavy atom. The van der Waals surface area contributed by atoms with E-state index in [1.807, 2.05) is 23.1 Å². The van der Waals surface area contributed by atoms with Crippen LogP contribution in [0, 0.1) is 0 Å². The van der Waals surface area contributed by atoms with E-state index in [0.717, 1.165) is 13.0 Å². The van der Waals surface area contributed by atoms with E-state index in [0.29, 0.717) is 12.5 Å². The third kappa shape index (κ3) is 4.85. The van der Waals surface area contributed by atoms with Gasteiger partial charge in [-0.15, -0.1) is 24.0 Å². The van der Waals surface area contributed by atoms with Crippen molar-refractivity contribution in [2.75, 3.05) is 20.1 Å². The van der Waals surface area contributed by atoms with E-state index in [1.54, 1.807) is 7.05 Å². The van der Waals surface area contributed by atoms with E-state index < -0.39 is 24.0 Å². The summed E-state index contributed by atoms with van der Waals surface area (Å²) in [6.45, 7) is 1.26. The number of aliphatic imine (C=N–C) groups is 1. The summed E-state index contributed by atoms with van der Waals surface area (Å²) in [5.74, 6) is 0.0857. The maximum Gasteiger partial charge on any atom is 0.424 e. The number of nitrogens with zero attached hydrogens (tertiary/aromatic N) is 4. The van der Waals surface area contributed by atoms with Gasteiger partial charge in [-0.3, -0.25) is 4.99 Å². The van der Waals surface area contributed by atoms with Crippen molar-refractivity contribution < 1.29 is 18.3 Å². The lowest BCUT2D eigenvalue weighted by Crippen LogP contribution is -2.49. The zero-order chi connectivity index (χ0) is 20.4. The minimum Gasteiger partial charge on any atom is -0.374 e. The van der Waals surface area contributed by atoms with Crippen molar-refractivity contribution in [3.63, 3.8) is 0 Å². The third-order valence-electron chi connectivity index (χ3n) is 5.07.